The Morgan fingerprint density at radius 2 is 1.74 bits per heavy atom. The van der Waals surface area contributed by atoms with E-state index < -0.39 is 11.8 Å². The lowest BCUT2D eigenvalue weighted by atomic mass is 10.2. The van der Waals surface area contributed by atoms with Crippen molar-refractivity contribution in [1.82, 2.24) is 16.2 Å². The van der Waals surface area contributed by atoms with Crippen LogP contribution in [0.25, 0.3) is 0 Å². The van der Waals surface area contributed by atoms with Crippen molar-refractivity contribution >= 4 is 45.1 Å². The zero-order valence-corrected chi connectivity index (χ0v) is 19.8. The third kappa shape index (κ3) is 8.06. The predicted molar refractivity (Wildman–Crippen MR) is 124 cm³/mol. The van der Waals surface area contributed by atoms with Crippen LogP contribution < -0.4 is 30.4 Å². The number of nitrogens with one attached hydrogen (secondary N) is 3. The highest BCUT2D eigenvalue weighted by atomic mass is 79.9. The predicted octanol–water partition coefficient (Wildman–Crippen LogP) is 3.21. The number of carbonyl (C=O) groups is 2. The maximum atomic E-state index is 12.6. The lowest BCUT2D eigenvalue weighted by molar-refractivity contribution is -0.123. The van der Waals surface area contributed by atoms with Crippen molar-refractivity contribution in [3.8, 4) is 17.2 Å². The molecule has 0 bridgehead atoms. The maximum Gasteiger partial charge on any atom is 0.276 e. The zero-order valence-electron chi connectivity index (χ0n) is 17.4. The first-order valence-electron chi connectivity index (χ1n) is 9.38. The Morgan fingerprint density at radius 3 is 2.42 bits per heavy atom. The van der Waals surface area contributed by atoms with Crippen LogP contribution >= 0.6 is 28.1 Å². The summed E-state index contributed by atoms with van der Waals surface area (Å²) in [5.74, 6) is 0.709. The molecule has 2 aromatic rings. The fourth-order valence-corrected chi connectivity index (χ4v) is 2.81. The molecule has 3 N–H and O–H groups in total. The van der Waals surface area contributed by atoms with E-state index in [1.807, 2.05) is 13.8 Å². The summed E-state index contributed by atoms with van der Waals surface area (Å²) in [6.07, 6.45) is 0. The van der Waals surface area contributed by atoms with Gasteiger partial charge in [0.15, 0.2) is 23.2 Å². The van der Waals surface area contributed by atoms with E-state index in [9.17, 15) is 9.59 Å². The molecule has 8 nitrogen and oxygen atoms in total. The Bertz CT molecular complexity index is 939. The second-order valence-electron chi connectivity index (χ2n) is 6.74. The van der Waals surface area contributed by atoms with Crippen LogP contribution in [0.4, 0.5) is 0 Å². The van der Waals surface area contributed by atoms with E-state index in [0.29, 0.717) is 35.3 Å². The molecule has 0 atom stereocenters. The molecule has 0 radical (unpaired) electrons. The molecule has 2 aromatic carbocycles. The van der Waals surface area contributed by atoms with Crippen molar-refractivity contribution in [2.75, 3.05) is 20.3 Å². The van der Waals surface area contributed by atoms with Gasteiger partial charge < -0.3 is 14.2 Å². The number of methoxy groups -OCH3 is 1. The molecular formula is C21H24BrN3O5S. The molecule has 0 saturated heterocycles. The standard InChI is InChI=1S/C21H24BrN3O5S/c1-13(2)11-29-16-9-8-14(22)10-15(16)20(27)23-21(31)25-24-19(26)12-30-18-7-5-4-6-17(18)28-3/h4-10,13H,11-12H2,1-3H3,(H,24,26)(H2,23,25,27,31). The first-order chi connectivity index (χ1) is 14.8. The van der Waals surface area contributed by atoms with Crippen molar-refractivity contribution in [2.24, 2.45) is 5.92 Å². The Kier molecular flexibility index (Phi) is 9.54. The number of carbonyl (C=O) groups excluding carboxylic acids is 2. The number of amides is 2. The smallest absolute Gasteiger partial charge is 0.276 e. The lowest BCUT2D eigenvalue weighted by Gasteiger charge is -2.15. The number of hydrogen-bond acceptors (Lipinski definition) is 6. The van der Waals surface area contributed by atoms with Crippen LogP contribution in [0.15, 0.2) is 46.9 Å². The first-order valence-corrected chi connectivity index (χ1v) is 10.6. The third-order valence-corrected chi connectivity index (χ3v) is 4.43. The monoisotopic (exact) mass is 509 g/mol. The second-order valence-corrected chi connectivity index (χ2v) is 8.07. The number of para-hydroxylation sites is 2. The number of rotatable bonds is 8. The van der Waals surface area contributed by atoms with E-state index in [2.05, 4.69) is 32.1 Å². The van der Waals surface area contributed by atoms with Crippen molar-refractivity contribution in [1.29, 1.82) is 0 Å². The van der Waals surface area contributed by atoms with E-state index in [-0.39, 0.29) is 11.7 Å². The summed E-state index contributed by atoms with van der Waals surface area (Å²) >= 11 is 8.42. The summed E-state index contributed by atoms with van der Waals surface area (Å²) in [6.45, 7) is 4.21. The van der Waals surface area contributed by atoms with Gasteiger partial charge in [-0.1, -0.05) is 41.9 Å². The molecule has 0 fully saturated rings. The Balaban J connectivity index is 1.86. The minimum atomic E-state index is -0.495. The molecule has 0 saturated carbocycles. The number of hydrazine groups is 1. The van der Waals surface area contributed by atoms with Crippen molar-refractivity contribution in [2.45, 2.75) is 13.8 Å². The molecule has 0 spiro atoms. The number of thiocarbonyl (C=S) groups is 1. The SMILES string of the molecule is COc1ccccc1OCC(=O)NNC(=S)NC(=O)c1cc(Br)ccc1OCC(C)C. The van der Waals surface area contributed by atoms with Crippen LogP contribution in [0.1, 0.15) is 24.2 Å². The molecule has 2 amide bonds. The van der Waals surface area contributed by atoms with Crippen LogP contribution in [0.2, 0.25) is 0 Å². The Hall–Kier alpha value is -2.85. The largest absolute Gasteiger partial charge is 0.493 e. The van der Waals surface area contributed by atoms with Crippen LogP contribution in [-0.2, 0) is 4.79 Å². The maximum absolute atomic E-state index is 12.6. The molecule has 10 heteroatoms. The average Bonchev–Trinajstić information content (AvgIpc) is 2.75. The van der Waals surface area contributed by atoms with Gasteiger partial charge in [-0.25, -0.2) is 0 Å². The van der Waals surface area contributed by atoms with Crippen molar-refractivity contribution < 1.29 is 23.8 Å². The zero-order chi connectivity index (χ0) is 22.8. The normalized spacial score (nSPS) is 10.2. The summed E-state index contributed by atoms with van der Waals surface area (Å²) in [5, 5.41) is 2.43. The van der Waals surface area contributed by atoms with E-state index in [0.717, 1.165) is 4.47 Å². The average molecular weight is 510 g/mol. The van der Waals surface area contributed by atoms with Crippen molar-refractivity contribution in [3.05, 3.63) is 52.5 Å². The summed E-state index contributed by atoms with van der Waals surface area (Å²) in [7, 11) is 1.51. The Labute approximate surface area is 194 Å². The highest BCUT2D eigenvalue weighted by Gasteiger charge is 2.16. The molecule has 0 heterocycles. The lowest BCUT2D eigenvalue weighted by Crippen LogP contribution is -2.49. The number of hydrogen-bond donors (Lipinski definition) is 3. The van der Waals surface area contributed by atoms with Gasteiger partial charge >= 0.3 is 0 Å². The molecule has 0 aliphatic rings. The van der Waals surface area contributed by atoms with Gasteiger partial charge in [0, 0.05) is 4.47 Å². The van der Waals surface area contributed by atoms with Crippen molar-refractivity contribution in [3.63, 3.8) is 0 Å². The van der Waals surface area contributed by atoms with Crippen LogP contribution in [0.3, 0.4) is 0 Å². The molecule has 166 valence electrons. The number of halogens is 1. The molecule has 31 heavy (non-hydrogen) atoms. The number of ether oxygens (including phenoxy) is 3. The van der Waals surface area contributed by atoms with E-state index >= 15 is 0 Å². The van der Waals surface area contributed by atoms with Gasteiger partial charge in [-0.15, -0.1) is 0 Å². The second kappa shape index (κ2) is 12.1. The van der Waals surface area contributed by atoms with E-state index in [1.165, 1.54) is 7.11 Å². The Morgan fingerprint density at radius 1 is 1.03 bits per heavy atom. The van der Waals surface area contributed by atoms with Gasteiger partial charge in [-0.2, -0.15) is 0 Å². The first kappa shape index (κ1) is 24.4. The summed E-state index contributed by atoms with van der Waals surface area (Å²) in [5.41, 5.74) is 5.14. The van der Waals surface area contributed by atoms with Gasteiger partial charge in [-0.05, 0) is 48.5 Å². The minimum Gasteiger partial charge on any atom is -0.493 e. The van der Waals surface area contributed by atoms with Crippen LogP contribution in [0, 0.1) is 5.92 Å². The van der Waals surface area contributed by atoms with Gasteiger partial charge in [0.1, 0.15) is 5.75 Å². The summed E-state index contributed by atoms with van der Waals surface area (Å²) in [4.78, 5) is 24.6. The third-order valence-electron chi connectivity index (χ3n) is 3.73. The quantitative estimate of drug-likeness (QED) is 0.371. The fraction of sp³-hybridized carbons (Fsp3) is 0.286. The molecule has 2 rings (SSSR count). The molecular weight excluding hydrogens is 486 g/mol. The summed E-state index contributed by atoms with van der Waals surface area (Å²) in [6, 6.07) is 12.1. The molecule has 0 aromatic heterocycles. The van der Waals surface area contributed by atoms with Gasteiger partial charge in [0.05, 0.1) is 19.3 Å². The van der Waals surface area contributed by atoms with Crippen LogP contribution in [-0.4, -0.2) is 37.3 Å². The summed E-state index contributed by atoms with van der Waals surface area (Å²) < 4.78 is 17.0. The highest BCUT2D eigenvalue weighted by Crippen LogP contribution is 2.25. The van der Waals surface area contributed by atoms with Gasteiger partial charge in [-0.3, -0.25) is 25.8 Å². The van der Waals surface area contributed by atoms with Gasteiger partial charge in [0.2, 0.25) is 0 Å². The topological polar surface area (TPSA) is 97.9 Å². The molecule has 0 aliphatic carbocycles. The highest BCUT2D eigenvalue weighted by molar-refractivity contribution is 9.10. The van der Waals surface area contributed by atoms with Gasteiger partial charge in [0.25, 0.3) is 11.8 Å². The molecule has 0 unspecified atom stereocenters. The molecule has 0 aliphatic heterocycles. The minimum absolute atomic E-state index is 0.0783. The number of benzene rings is 2. The fourth-order valence-electron chi connectivity index (χ4n) is 2.31. The van der Waals surface area contributed by atoms with E-state index in [4.69, 9.17) is 26.4 Å². The van der Waals surface area contributed by atoms with E-state index in [1.54, 1.807) is 42.5 Å². The van der Waals surface area contributed by atoms with Crippen LogP contribution in [0.5, 0.6) is 17.2 Å².